The summed E-state index contributed by atoms with van der Waals surface area (Å²) >= 11 is 0. The van der Waals surface area contributed by atoms with Crippen molar-refractivity contribution in [1.29, 1.82) is 0 Å². The molecule has 1 aliphatic rings. The molecule has 1 aliphatic heterocycles. The van der Waals surface area contributed by atoms with Gasteiger partial charge in [0, 0.05) is 0 Å². The standard InChI is InChI=1S/C12H13N2O2/c1-10-7-13-14(8-10)12(15)16-9-11-5-3-2-4-6-11/h1-6,13H,7-9H2/q+1. The van der Waals surface area contributed by atoms with Crippen molar-refractivity contribution in [2.45, 2.75) is 6.61 Å². The molecule has 1 aromatic carbocycles. The minimum absolute atomic E-state index is 0.276. The first-order valence-electron chi connectivity index (χ1n) is 5.07. The number of ether oxygens (including phenoxy) is 1. The number of carbonyl (C=O) groups excluding carboxylic acids is 1. The van der Waals surface area contributed by atoms with E-state index < -0.39 is 6.09 Å². The van der Waals surface area contributed by atoms with Gasteiger partial charge < -0.3 is 4.74 Å². The van der Waals surface area contributed by atoms with Crippen molar-refractivity contribution in [2.24, 2.45) is 0 Å². The molecule has 1 heterocycles. The molecule has 0 unspecified atom stereocenters. The molecule has 1 aromatic rings. The third-order valence-corrected chi connectivity index (χ3v) is 2.28. The lowest BCUT2D eigenvalue weighted by Crippen LogP contribution is -2.37. The molecular weight excluding hydrogens is 204 g/mol. The van der Waals surface area contributed by atoms with E-state index in [1.54, 1.807) is 0 Å². The number of amides is 1. The van der Waals surface area contributed by atoms with E-state index in [1.807, 2.05) is 30.3 Å². The van der Waals surface area contributed by atoms with Gasteiger partial charge in [-0.15, -0.1) is 0 Å². The number of benzene rings is 1. The van der Waals surface area contributed by atoms with Crippen LogP contribution in [0.5, 0.6) is 0 Å². The molecule has 1 fully saturated rings. The summed E-state index contributed by atoms with van der Waals surface area (Å²) < 4.78 is 5.12. The average molecular weight is 217 g/mol. The van der Waals surface area contributed by atoms with Crippen molar-refractivity contribution in [3.05, 3.63) is 48.0 Å². The van der Waals surface area contributed by atoms with E-state index in [0.29, 0.717) is 13.1 Å². The predicted molar refractivity (Wildman–Crippen MR) is 59.1 cm³/mol. The summed E-state index contributed by atoms with van der Waals surface area (Å²) in [6.45, 7) is 6.79. The number of nitrogens with zero attached hydrogens (tertiary/aromatic N) is 1. The van der Waals surface area contributed by atoms with Gasteiger partial charge in [0.15, 0.2) is 5.57 Å². The van der Waals surface area contributed by atoms with Crippen molar-refractivity contribution in [3.8, 4) is 0 Å². The molecule has 0 aromatic heterocycles. The minimum Gasteiger partial charge on any atom is -0.444 e. The Kier molecular flexibility index (Phi) is 3.15. The van der Waals surface area contributed by atoms with Crippen molar-refractivity contribution >= 4 is 6.09 Å². The third kappa shape index (κ3) is 2.57. The Labute approximate surface area is 94.5 Å². The SMILES string of the molecule is [CH+]=C1CNN(C(=O)OCc2ccccc2)C1. The Hall–Kier alpha value is -1.90. The van der Waals surface area contributed by atoms with E-state index in [9.17, 15) is 4.79 Å². The van der Waals surface area contributed by atoms with E-state index in [1.165, 1.54) is 5.01 Å². The zero-order valence-corrected chi connectivity index (χ0v) is 8.85. The van der Waals surface area contributed by atoms with Crippen LogP contribution in [-0.2, 0) is 11.3 Å². The van der Waals surface area contributed by atoms with E-state index in [4.69, 9.17) is 11.3 Å². The molecule has 0 aliphatic carbocycles. The first kappa shape index (κ1) is 10.6. The fourth-order valence-electron chi connectivity index (χ4n) is 1.44. The molecule has 16 heavy (non-hydrogen) atoms. The van der Waals surface area contributed by atoms with Crippen LogP contribution in [0.2, 0.25) is 0 Å². The summed E-state index contributed by atoms with van der Waals surface area (Å²) in [7, 11) is 0. The van der Waals surface area contributed by atoms with E-state index in [0.717, 1.165) is 11.1 Å². The Morgan fingerprint density at radius 3 is 2.81 bits per heavy atom. The maximum absolute atomic E-state index is 11.5. The molecule has 4 heteroatoms. The number of nitrogens with one attached hydrogen (secondary N) is 1. The van der Waals surface area contributed by atoms with Gasteiger partial charge in [-0.3, -0.25) is 0 Å². The molecule has 0 bridgehead atoms. The summed E-state index contributed by atoms with van der Waals surface area (Å²) in [5.74, 6) is 0. The second kappa shape index (κ2) is 4.75. The Morgan fingerprint density at radius 1 is 1.44 bits per heavy atom. The Bertz CT molecular complexity index is 389. The van der Waals surface area contributed by atoms with Gasteiger partial charge in [0.2, 0.25) is 6.58 Å². The van der Waals surface area contributed by atoms with Crippen LogP contribution in [0.25, 0.3) is 0 Å². The molecule has 1 amide bonds. The maximum Gasteiger partial charge on any atom is 0.425 e. The van der Waals surface area contributed by atoms with E-state index >= 15 is 0 Å². The molecule has 4 nitrogen and oxygen atoms in total. The molecular formula is C12H13N2O2+. The van der Waals surface area contributed by atoms with Crippen molar-refractivity contribution < 1.29 is 9.53 Å². The molecule has 2 rings (SSSR count). The highest BCUT2D eigenvalue weighted by atomic mass is 16.6. The number of hydrazine groups is 1. The van der Waals surface area contributed by atoms with Crippen LogP contribution in [0.15, 0.2) is 35.9 Å². The third-order valence-electron chi connectivity index (χ3n) is 2.28. The van der Waals surface area contributed by atoms with Gasteiger partial charge in [0.1, 0.15) is 13.2 Å². The second-order valence-electron chi connectivity index (χ2n) is 3.62. The lowest BCUT2D eigenvalue weighted by molar-refractivity contribution is 0.0909. The van der Waals surface area contributed by atoms with Gasteiger partial charge >= 0.3 is 6.09 Å². The van der Waals surface area contributed by atoms with Gasteiger partial charge in [0.05, 0.1) is 6.54 Å². The summed E-state index contributed by atoms with van der Waals surface area (Å²) in [5, 5.41) is 1.37. The number of rotatable bonds is 2. The van der Waals surface area contributed by atoms with Crippen LogP contribution in [-0.4, -0.2) is 24.2 Å². The topological polar surface area (TPSA) is 41.6 Å². The lowest BCUT2D eigenvalue weighted by atomic mass is 10.2. The Morgan fingerprint density at radius 2 is 2.19 bits per heavy atom. The highest BCUT2D eigenvalue weighted by molar-refractivity contribution is 5.68. The molecule has 1 N–H and O–H groups in total. The van der Waals surface area contributed by atoms with Gasteiger partial charge in [-0.25, -0.2) is 15.2 Å². The molecule has 0 atom stereocenters. The molecule has 0 radical (unpaired) electrons. The number of carbonyl (C=O) groups is 1. The summed E-state index contributed by atoms with van der Waals surface area (Å²) in [6.07, 6.45) is -0.399. The fourth-order valence-corrected chi connectivity index (χ4v) is 1.44. The van der Waals surface area contributed by atoms with Crippen molar-refractivity contribution in [2.75, 3.05) is 13.1 Å². The van der Waals surface area contributed by atoms with Crippen molar-refractivity contribution in [3.63, 3.8) is 0 Å². The molecule has 0 spiro atoms. The zero-order chi connectivity index (χ0) is 11.4. The maximum atomic E-state index is 11.5. The zero-order valence-electron chi connectivity index (χ0n) is 8.85. The molecule has 82 valence electrons. The summed E-state index contributed by atoms with van der Waals surface area (Å²) in [4.78, 5) is 11.5. The molecule has 0 saturated carbocycles. The van der Waals surface area contributed by atoms with Gasteiger partial charge in [0.25, 0.3) is 0 Å². The second-order valence-corrected chi connectivity index (χ2v) is 3.62. The summed E-state index contributed by atoms with van der Waals surface area (Å²) in [5.41, 5.74) is 4.54. The van der Waals surface area contributed by atoms with Crippen LogP contribution in [0.3, 0.4) is 0 Å². The van der Waals surface area contributed by atoms with Crippen LogP contribution < -0.4 is 5.43 Å². The highest BCUT2D eigenvalue weighted by Gasteiger charge is 2.26. The Balaban J connectivity index is 1.82. The number of hydrogen-bond acceptors (Lipinski definition) is 3. The van der Waals surface area contributed by atoms with Crippen molar-refractivity contribution in [1.82, 2.24) is 10.4 Å². The average Bonchev–Trinajstić information content (AvgIpc) is 2.74. The van der Waals surface area contributed by atoms with E-state index in [2.05, 4.69) is 5.43 Å². The summed E-state index contributed by atoms with van der Waals surface area (Å²) in [6, 6.07) is 9.55. The first-order chi connectivity index (χ1) is 7.75. The predicted octanol–water partition coefficient (Wildman–Crippen LogP) is 1.50. The normalized spacial score (nSPS) is 15.2. The van der Waals surface area contributed by atoms with Crippen LogP contribution in [0, 0.1) is 6.58 Å². The monoisotopic (exact) mass is 217 g/mol. The smallest absolute Gasteiger partial charge is 0.425 e. The van der Waals surface area contributed by atoms with Crippen LogP contribution in [0.4, 0.5) is 4.79 Å². The lowest BCUT2D eigenvalue weighted by Gasteiger charge is -2.14. The van der Waals surface area contributed by atoms with Gasteiger partial charge in [-0.1, -0.05) is 30.3 Å². The van der Waals surface area contributed by atoms with Gasteiger partial charge in [-0.05, 0) is 5.56 Å². The largest absolute Gasteiger partial charge is 0.444 e. The number of hydrogen-bond donors (Lipinski definition) is 1. The fraction of sp³-hybridized carbons (Fsp3) is 0.250. The minimum atomic E-state index is -0.399. The van der Waals surface area contributed by atoms with E-state index in [-0.39, 0.29) is 6.61 Å². The van der Waals surface area contributed by atoms with Crippen LogP contribution >= 0.6 is 0 Å². The highest BCUT2D eigenvalue weighted by Crippen LogP contribution is 2.06. The quantitative estimate of drug-likeness (QED) is 0.763. The molecule has 1 saturated heterocycles. The first-order valence-corrected chi connectivity index (χ1v) is 5.07. The van der Waals surface area contributed by atoms with Crippen LogP contribution in [0.1, 0.15) is 5.56 Å². The van der Waals surface area contributed by atoms with Gasteiger partial charge in [-0.2, -0.15) is 0 Å².